The molecule has 0 aliphatic carbocycles. The molecule has 0 aliphatic heterocycles. The fourth-order valence-corrected chi connectivity index (χ4v) is 2.14. The summed E-state index contributed by atoms with van der Waals surface area (Å²) in [5.41, 5.74) is 0.0876. The van der Waals surface area contributed by atoms with Gasteiger partial charge < -0.3 is 15.5 Å². The third kappa shape index (κ3) is 3.13. The molecule has 2 rings (SSSR count). The number of phenols is 1. The predicted molar refractivity (Wildman–Crippen MR) is 77.9 cm³/mol. The molecular formula is C16H16FNO3. The van der Waals surface area contributed by atoms with Crippen LogP contribution < -0.4 is 5.32 Å². The first-order valence-corrected chi connectivity index (χ1v) is 6.39. The Morgan fingerprint density at radius 2 is 1.81 bits per heavy atom. The minimum Gasteiger partial charge on any atom is -0.508 e. The topological polar surface area (TPSA) is 69.6 Å². The first-order chi connectivity index (χ1) is 9.81. The maximum atomic E-state index is 13.4. The van der Waals surface area contributed by atoms with E-state index in [9.17, 15) is 19.4 Å². The maximum Gasteiger partial charge on any atom is 0.333 e. The summed E-state index contributed by atoms with van der Waals surface area (Å²) in [7, 11) is 0. The first kappa shape index (κ1) is 14.8. The van der Waals surface area contributed by atoms with Gasteiger partial charge in [-0.15, -0.1) is 0 Å². The van der Waals surface area contributed by atoms with Gasteiger partial charge in [-0.1, -0.05) is 12.1 Å². The molecule has 4 nitrogen and oxygen atoms in total. The van der Waals surface area contributed by atoms with E-state index in [0.717, 1.165) is 0 Å². The molecule has 0 fully saturated rings. The van der Waals surface area contributed by atoms with Crippen LogP contribution in [0.5, 0.6) is 5.75 Å². The quantitative estimate of drug-likeness (QED) is 0.808. The lowest BCUT2D eigenvalue weighted by atomic mass is 9.91. The molecule has 0 amide bonds. The molecule has 2 aromatic rings. The molecule has 0 radical (unpaired) electrons. The maximum absolute atomic E-state index is 13.4. The van der Waals surface area contributed by atoms with Gasteiger partial charge in [0.05, 0.1) is 0 Å². The molecule has 0 saturated heterocycles. The standard InChI is InChI=1S/C16H16FNO3/c1-10-7-12(17)9-13(8-10)18-16(2,15(20)21)11-3-5-14(19)6-4-11/h3-9,18-19H,1-2H3,(H,20,21). The minimum atomic E-state index is -1.44. The lowest BCUT2D eigenvalue weighted by Crippen LogP contribution is -2.40. The number of benzene rings is 2. The van der Waals surface area contributed by atoms with E-state index in [1.54, 1.807) is 13.0 Å². The average molecular weight is 289 g/mol. The summed E-state index contributed by atoms with van der Waals surface area (Å²) in [4.78, 5) is 11.7. The predicted octanol–water partition coefficient (Wildman–Crippen LogP) is 3.25. The number of aromatic hydroxyl groups is 1. The summed E-state index contributed by atoms with van der Waals surface area (Å²) >= 11 is 0. The Kier molecular flexibility index (Phi) is 3.84. The van der Waals surface area contributed by atoms with Gasteiger partial charge in [-0.3, -0.25) is 0 Å². The second-order valence-corrected chi connectivity index (χ2v) is 5.12. The fraction of sp³-hybridized carbons (Fsp3) is 0.188. The molecule has 0 bridgehead atoms. The van der Waals surface area contributed by atoms with Gasteiger partial charge in [0.15, 0.2) is 5.54 Å². The van der Waals surface area contributed by atoms with Crippen LogP contribution in [0.2, 0.25) is 0 Å². The number of nitrogens with one attached hydrogen (secondary N) is 1. The van der Waals surface area contributed by atoms with Gasteiger partial charge in [0.2, 0.25) is 0 Å². The zero-order valence-corrected chi connectivity index (χ0v) is 11.7. The first-order valence-electron chi connectivity index (χ1n) is 6.39. The molecule has 1 atom stereocenters. The fourth-order valence-electron chi connectivity index (χ4n) is 2.14. The highest BCUT2D eigenvalue weighted by Gasteiger charge is 2.35. The van der Waals surface area contributed by atoms with Crippen molar-refractivity contribution in [3.8, 4) is 5.75 Å². The largest absolute Gasteiger partial charge is 0.508 e. The van der Waals surface area contributed by atoms with Crippen molar-refractivity contribution in [2.45, 2.75) is 19.4 Å². The van der Waals surface area contributed by atoms with Crippen molar-refractivity contribution in [3.05, 3.63) is 59.4 Å². The Morgan fingerprint density at radius 3 is 2.33 bits per heavy atom. The molecule has 110 valence electrons. The van der Waals surface area contributed by atoms with Crippen LogP contribution in [0, 0.1) is 12.7 Å². The number of aryl methyl sites for hydroxylation is 1. The van der Waals surface area contributed by atoms with Gasteiger partial charge in [-0.2, -0.15) is 0 Å². The Labute approximate surface area is 121 Å². The van der Waals surface area contributed by atoms with Gasteiger partial charge in [-0.25, -0.2) is 9.18 Å². The normalized spacial score (nSPS) is 13.5. The number of carboxylic acids is 1. The highest BCUT2D eigenvalue weighted by atomic mass is 19.1. The molecule has 0 heterocycles. The number of carboxylic acid groups (broad SMARTS) is 1. The highest BCUT2D eigenvalue weighted by Crippen LogP contribution is 2.28. The van der Waals surface area contributed by atoms with Crippen LogP contribution in [-0.2, 0) is 10.3 Å². The number of anilines is 1. The summed E-state index contributed by atoms with van der Waals surface area (Å²) in [5.74, 6) is -1.49. The molecule has 0 aromatic heterocycles. The number of hydrogen-bond acceptors (Lipinski definition) is 3. The van der Waals surface area contributed by atoms with Crippen LogP contribution in [-0.4, -0.2) is 16.2 Å². The summed E-state index contributed by atoms with van der Waals surface area (Å²) in [6.07, 6.45) is 0. The highest BCUT2D eigenvalue weighted by molar-refractivity contribution is 5.84. The zero-order valence-electron chi connectivity index (χ0n) is 11.7. The zero-order chi connectivity index (χ0) is 15.6. The monoisotopic (exact) mass is 289 g/mol. The van der Waals surface area contributed by atoms with Crippen LogP contribution in [0.25, 0.3) is 0 Å². The van der Waals surface area contributed by atoms with Crippen LogP contribution in [0.15, 0.2) is 42.5 Å². The Bertz CT molecular complexity index is 649. The van der Waals surface area contributed by atoms with E-state index in [0.29, 0.717) is 16.8 Å². The third-order valence-corrected chi connectivity index (χ3v) is 3.31. The summed E-state index contributed by atoms with van der Waals surface area (Å²) < 4.78 is 13.4. The SMILES string of the molecule is Cc1cc(F)cc(NC(C)(C(=O)O)c2ccc(O)cc2)c1. The number of hydrogen-bond donors (Lipinski definition) is 3. The van der Waals surface area contributed by atoms with Gasteiger partial charge in [-0.05, 0) is 55.3 Å². The van der Waals surface area contributed by atoms with E-state index in [2.05, 4.69) is 5.32 Å². The molecular weight excluding hydrogens is 273 g/mol. The molecule has 0 aliphatic rings. The van der Waals surface area contributed by atoms with Crippen molar-refractivity contribution in [3.63, 3.8) is 0 Å². The van der Waals surface area contributed by atoms with Gasteiger partial charge >= 0.3 is 5.97 Å². The van der Waals surface area contributed by atoms with Crippen LogP contribution in [0.4, 0.5) is 10.1 Å². The van der Waals surface area contributed by atoms with E-state index >= 15 is 0 Å². The Hall–Kier alpha value is -2.56. The van der Waals surface area contributed by atoms with Crippen molar-refractivity contribution in [2.24, 2.45) is 0 Å². The van der Waals surface area contributed by atoms with E-state index < -0.39 is 17.3 Å². The Morgan fingerprint density at radius 1 is 1.19 bits per heavy atom. The van der Waals surface area contributed by atoms with Gasteiger partial charge in [0, 0.05) is 5.69 Å². The van der Waals surface area contributed by atoms with Crippen molar-refractivity contribution < 1.29 is 19.4 Å². The lowest BCUT2D eigenvalue weighted by Gasteiger charge is -2.28. The van der Waals surface area contributed by atoms with Crippen molar-refractivity contribution >= 4 is 11.7 Å². The summed E-state index contributed by atoms with van der Waals surface area (Å²) in [5, 5.41) is 21.7. The molecule has 0 saturated carbocycles. The third-order valence-electron chi connectivity index (χ3n) is 3.31. The van der Waals surface area contributed by atoms with Crippen molar-refractivity contribution in [1.29, 1.82) is 0 Å². The number of phenolic OH excluding ortho intramolecular Hbond substituents is 1. The van der Waals surface area contributed by atoms with Crippen LogP contribution in [0.3, 0.4) is 0 Å². The summed E-state index contributed by atoms with van der Waals surface area (Å²) in [6, 6.07) is 10.1. The molecule has 21 heavy (non-hydrogen) atoms. The van der Waals surface area contributed by atoms with Crippen molar-refractivity contribution in [1.82, 2.24) is 0 Å². The van der Waals surface area contributed by atoms with Crippen LogP contribution in [0.1, 0.15) is 18.1 Å². The average Bonchev–Trinajstić information content (AvgIpc) is 2.37. The van der Waals surface area contributed by atoms with Gasteiger partial charge in [0.1, 0.15) is 11.6 Å². The second-order valence-electron chi connectivity index (χ2n) is 5.12. The van der Waals surface area contributed by atoms with E-state index in [4.69, 9.17) is 0 Å². The van der Waals surface area contributed by atoms with Crippen molar-refractivity contribution in [2.75, 3.05) is 5.32 Å². The smallest absolute Gasteiger partial charge is 0.333 e. The second kappa shape index (κ2) is 5.44. The molecule has 5 heteroatoms. The molecule has 3 N–H and O–H groups in total. The molecule has 1 unspecified atom stereocenters. The molecule has 2 aromatic carbocycles. The Balaban J connectivity index is 2.43. The number of halogens is 1. The van der Waals surface area contributed by atoms with E-state index in [1.807, 2.05) is 0 Å². The van der Waals surface area contributed by atoms with Gasteiger partial charge in [0.25, 0.3) is 0 Å². The minimum absolute atomic E-state index is 0.0492. The number of aliphatic carboxylic acids is 1. The molecule has 0 spiro atoms. The van der Waals surface area contributed by atoms with E-state index in [1.165, 1.54) is 43.3 Å². The number of carbonyl (C=O) groups is 1. The summed E-state index contributed by atoms with van der Waals surface area (Å²) in [6.45, 7) is 3.22. The number of rotatable bonds is 4. The van der Waals surface area contributed by atoms with Crippen LogP contribution >= 0.6 is 0 Å². The van der Waals surface area contributed by atoms with E-state index in [-0.39, 0.29) is 5.75 Å². The lowest BCUT2D eigenvalue weighted by molar-refractivity contribution is -0.142.